The molecule has 0 aliphatic heterocycles. The van der Waals surface area contributed by atoms with E-state index in [0.717, 1.165) is 5.56 Å². The normalized spacial score (nSPS) is 10.5. The van der Waals surface area contributed by atoms with Gasteiger partial charge in [-0.05, 0) is 17.7 Å². The predicted octanol–water partition coefficient (Wildman–Crippen LogP) is 2.55. The molecule has 17 heavy (non-hydrogen) atoms. The molecule has 0 aromatic heterocycles. The average molecular weight is 258 g/mol. The zero-order valence-electron chi connectivity index (χ0n) is 9.20. The summed E-state index contributed by atoms with van der Waals surface area (Å²) in [5, 5.41) is 8.76. The summed E-state index contributed by atoms with van der Waals surface area (Å²) in [7, 11) is 0. The summed E-state index contributed by atoms with van der Waals surface area (Å²) in [6.07, 6.45) is 1.62. The average Bonchev–Trinajstić information content (AvgIpc) is 2.23. The summed E-state index contributed by atoms with van der Waals surface area (Å²) in [6.45, 7) is 4.30. The van der Waals surface area contributed by atoms with Crippen LogP contribution in [0.1, 0.15) is 5.56 Å². The Balaban J connectivity index is 2.74. The number of benzene rings is 1. The van der Waals surface area contributed by atoms with Crippen LogP contribution in [-0.2, 0) is 11.3 Å². The Morgan fingerprint density at radius 1 is 1.59 bits per heavy atom. The van der Waals surface area contributed by atoms with Crippen LogP contribution in [0.3, 0.4) is 0 Å². The second-order valence-electron chi connectivity index (χ2n) is 3.60. The van der Waals surface area contributed by atoms with Crippen LogP contribution in [0.15, 0.2) is 30.9 Å². The number of nitrogens with zero attached hydrogens (tertiary/aromatic N) is 1. The van der Waals surface area contributed by atoms with Crippen molar-refractivity contribution in [3.05, 3.63) is 47.3 Å². The first kappa shape index (κ1) is 13.7. The van der Waals surface area contributed by atoms with E-state index >= 15 is 0 Å². The van der Waals surface area contributed by atoms with Crippen LogP contribution < -0.4 is 0 Å². The van der Waals surface area contributed by atoms with Gasteiger partial charge in [0.25, 0.3) is 0 Å². The highest BCUT2D eigenvalue weighted by Gasteiger charge is 2.09. The highest BCUT2D eigenvalue weighted by molar-refractivity contribution is 6.30. The van der Waals surface area contributed by atoms with Crippen molar-refractivity contribution in [1.29, 1.82) is 0 Å². The third-order valence-electron chi connectivity index (χ3n) is 2.14. The minimum atomic E-state index is -0.917. The molecule has 0 aliphatic carbocycles. The molecular weight excluding hydrogens is 245 g/mol. The highest BCUT2D eigenvalue weighted by atomic mass is 35.5. The summed E-state index contributed by atoms with van der Waals surface area (Å²) >= 11 is 5.65. The Hall–Kier alpha value is -1.39. The second-order valence-corrected chi connectivity index (χ2v) is 4.01. The van der Waals surface area contributed by atoms with Crippen LogP contribution in [0.5, 0.6) is 0 Å². The van der Waals surface area contributed by atoms with Gasteiger partial charge in [0.05, 0.1) is 11.6 Å². The first-order valence-electron chi connectivity index (χ1n) is 5.02. The van der Waals surface area contributed by atoms with E-state index in [-0.39, 0.29) is 11.6 Å². The monoisotopic (exact) mass is 257 g/mol. The van der Waals surface area contributed by atoms with Gasteiger partial charge in [-0.25, -0.2) is 4.39 Å². The van der Waals surface area contributed by atoms with Gasteiger partial charge in [-0.1, -0.05) is 23.7 Å². The molecule has 0 saturated heterocycles. The van der Waals surface area contributed by atoms with E-state index in [4.69, 9.17) is 16.7 Å². The Morgan fingerprint density at radius 3 is 2.82 bits per heavy atom. The van der Waals surface area contributed by atoms with E-state index in [1.165, 1.54) is 12.1 Å². The van der Waals surface area contributed by atoms with Crippen molar-refractivity contribution < 1.29 is 14.3 Å². The van der Waals surface area contributed by atoms with Crippen molar-refractivity contribution in [3.63, 3.8) is 0 Å². The van der Waals surface area contributed by atoms with Crippen LogP contribution in [0.4, 0.5) is 4.39 Å². The molecule has 0 radical (unpaired) electrons. The lowest BCUT2D eigenvalue weighted by Crippen LogP contribution is -2.29. The second kappa shape index (κ2) is 6.37. The molecule has 1 N–H and O–H groups in total. The molecule has 0 spiro atoms. The van der Waals surface area contributed by atoms with Crippen molar-refractivity contribution in [3.8, 4) is 0 Å². The fraction of sp³-hybridized carbons (Fsp3) is 0.250. The largest absolute Gasteiger partial charge is 0.480 e. The molecule has 0 heterocycles. The smallest absolute Gasteiger partial charge is 0.317 e. The van der Waals surface area contributed by atoms with Gasteiger partial charge in [0, 0.05) is 13.1 Å². The van der Waals surface area contributed by atoms with Gasteiger partial charge < -0.3 is 5.11 Å². The van der Waals surface area contributed by atoms with Gasteiger partial charge in [-0.15, -0.1) is 6.58 Å². The highest BCUT2D eigenvalue weighted by Crippen LogP contribution is 2.17. The van der Waals surface area contributed by atoms with E-state index in [1.807, 2.05) is 0 Å². The molecule has 1 rings (SSSR count). The fourth-order valence-corrected chi connectivity index (χ4v) is 1.66. The van der Waals surface area contributed by atoms with Gasteiger partial charge in [0.15, 0.2) is 0 Å². The first-order valence-corrected chi connectivity index (χ1v) is 5.39. The maximum absolute atomic E-state index is 12.9. The van der Waals surface area contributed by atoms with E-state index in [0.29, 0.717) is 13.1 Å². The van der Waals surface area contributed by atoms with Crippen molar-refractivity contribution in [2.24, 2.45) is 0 Å². The van der Waals surface area contributed by atoms with E-state index in [1.54, 1.807) is 17.0 Å². The van der Waals surface area contributed by atoms with Crippen LogP contribution in [0.2, 0.25) is 5.02 Å². The molecule has 1 aromatic rings. The maximum Gasteiger partial charge on any atom is 0.317 e. The van der Waals surface area contributed by atoms with Crippen LogP contribution in [0, 0.1) is 5.82 Å². The lowest BCUT2D eigenvalue weighted by Gasteiger charge is -2.18. The fourth-order valence-electron chi connectivity index (χ4n) is 1.46. The van der Waals surface area contributed by atoms with Crippen molar-refractivity contribution in [2.45, 2.75) is 6.54 Å². The Bertz CT molecular complexity index is 423. The number of hydrogen-bond acceptors (Lipinski definition) is 2. The molecule has 1 aromatic carbocycles. The maximum atomic E-state index is 12.9. The number of carboxylic acids is 1. The van der Waals surface area contributed by atoms with Gasteiger partial charge in [0.1, 0.15) is 5.82 Å². The van der Waals surface area contributed by atoms with E-state index in [9.17, 15) is 9.18 Å². The number of aliphatic carboxylic acids is 1. The molecule has 0 unspecified atom stereocenters. The third-order valence-corrected chi connectivity index (χ3v) is 2.43. The van der Waals surface area contributed by atoms with E-state index in [2.05, 4.69) is 6.58 Å². The Morgan fingerprint density at radius 2 is 2.29 bits per heavy atom. The summed E-state index contributed by atoms with van der Waals surface area (Å²) in [5.74, 6) is -1.40. The number of rotatable bonds is 6. The van der Waals surface area contributed by atoms with Crippen molar-refractivity contribution in [2.75, 3.05) is 13.1 Å². The molecule has 3 nitrogen and oxygen atoms in total. The topological polar surface area (TPSA) is 40.5 Å². The summed E-state index contributed by atoms with van der Waals surface area (Å²) in [6, 6.07) is 4.35. The van der Waals surface area contributed by atoms with E-state index < -0.39 is 11.8 Å². The Labute approximate surface area is 104 Å². The standard InChI is InChI=1S/C12H13ClFNO2/c1-2-5-15(8-12(16)17)7-9-3-4-11(14)10(13)6-9/h2-4,6H,1,5,7-8H2,(H,16,17). The number of hydrogen-bond donors (Lipinski definition) is 1. The van der Waals surface area contributed by atoms with Gasteiger partial charge in [0.2, 0.25) is 0 Å². The molecule has 0 atom stereocenters. The molecule has 92 valence electrons. The number of carbonyl (C=O) groups is 1. The van der Waals surface area contributed by atoms with Gasteiger partial charge in [-0.3, -0.25) is 9.69 Å². The summed E-state index contributed by atoms with van der Waals surface area (Å²) in [4.78, 5) is 12.3. The Kier molecular flexibility index (Phi) is 5.12. The molecule has 5 heteroatoms. The molecular formula is C12H13ClFNO2. The zero-order valence-corrected chi connectivity index (χ0v) is 9.95. The van der Waals surface area contributed by atoms with Crippen LogP contribution >= 0.6 is 11.6 Å². The minimum Gasteiger partial charge on any atom is -0.480 e. The number of carboxylic acid groups (broad SMARTS) is 1. The molecule has 0 saturated carbocycles. The van der Waals surface area contributed by atoms with Crippen molar-refractivity contribution >= 4 is 17.6 Å². The lowest BCUT2D eigenvalue weighted by atomic mass is 10.2. The lowest BCUT2D eigenvalue weighted by molar-refractivity contribution is -0.138. The molecule has 0 fully saturated rings. The van der Waals surface area contributed by atoms with Gasteiger partial charge in [-0.2, -0.15) is 0 Å². The summed E-state index contributed by atoms with van der Waals surface area (Å²) < 4.78 is 12.9. The van der Waals surface area contributed by atoms with Crippen molar-refractivity contribution in [1.82, 2.24) is 4.90 Å². The SMILES string of the molecule is C=CCN(CC(=O)O)Cc1ccc(F)c(Cl)c1. The van der Waals surface area contributed by atoms with Crippen LogP contribution in [0.25, 0.3) is 0 Å². The van der Waals surface area contributed by atoms with Gasteiger partial charge >= 0.3 is 5.97 Å². The minimum absolute atomic E-state index is 0.0383. The molecule has 0 bridgehead atoms. The third kappa shape index (κ3) is 4.54. The quantitative estimate of drug-likeness (QED) is 0.797. The molecule has 0 amide bonds. The first-order chi connectivity index (χ1) is 8.02. The molecule has 0 aliphatic rings. The summed E-state index contributed by atoms with van der Waals surface area (Å²) in [5.41, 5.74) is 0.763. The zero-order chi connectivity index (χ0) is 12.8. The van der Waals surface area contributed by atoms with Crippen LogP contribution in [-0.4, -0.2) is 29.1 Å². The number of halogens is 2. The predicted molar refractivity (Wildman–Crippen MR) is 64.5 cm³/mol.